The average Bonchev–Trinajstić information content (AvgIpc) is 2.94. The van der Waals surface area contributed by atoms with E-state index in [0.29, 0.717) is 5.56 Å². The number of aryl methyl sites for hydroxylation is 1. The Balaban J connectivity index is 1.79. The Kier molecular flexibility index (Phi) is 3.53. The Morgan fingerprint density at radius 3 is 2.91 bits per heavy atom. The number of aromatic amines is 2. The number of hydrogen-bond donors (Lipinski definition) is 3. The van der Waals surface area contributed by atoms with Gasteiger partial charge in [-0.25, -0.2) is 5.43 Å². The first kappa shape index (κ1) is 13.7. The van der Waals surface area contributed by atoms with Gasteiger partial charge in [0.05, 0.1) is 11.8 Å². The Labute approximate surface area is 125 Å². The maximum atomic E-state index is 11.9. The van der Waals surface area contributed by atoms with Crippen LogP contribution in [-0.2, 0) is 0 Å². The molecule has 110 valence electrons. The summed E-state index contributed by atoms with van der Waals surface area (Å²) < 4.78 is 0. The van der Waals surface area contributed by atoms with Crippen LogP contribution in [0.25, 0.3) is 10.9 Å². The molecule has 0 aliphatic rings. The molecule has 1 aromatic carbocycles. The van der Waals surface area contributed by atoms with Crippen LogP contribution >= 0.6 is 0 Å². The summed E-state index contributed by atoms with van der Waals surface area (Å²) >= 11 is 0. The van der Waals surface area contributed by atoms with Crippen molar-refractivity contribution in [2.45, 2.75) is 6.92 Å². The third-order valence-electron chi connectivity index (χ3n) is 3.09. The van der Waals surface area contributed by atoms with Crippen molar-refractivity contribution in [1.82, 2.24) is 20.6 Å². The lowest BCUT2D eigenvalue weighted by atomic mass is 10.2. The maximum Gasteiger partial charge on any atom is 0.291 e. The number of para-hydroxylation sites is 1. The molecule has 0 aliphatic heterocycles. The topological polar surface area (TPSA) is 103 Å². The van der Waals surface area contributed by atoms with Crippen LogP contribution in [0.15, 0.2) is 46.3 Å². The fourth-order valence-electron chi connectivity index (χ4n) is 2.01. The number of carbonyl (C=O) groups excluding carboxylic acids is 1. The fraction of sp³-hybridized carbons (Fsp3) is 0.0667. The van der Waals surface area contributed by atoms with Gasteiger partial charge in [-0.1, -0.05) is 18.2 Å². The minimum absolute atomic E-state index is 0.238. The predicted molar refractivity (Wildman–Crippen MR) is 83.0 cm³/mol. The summed E-state index contributed by atoms with van der Waals surface area (Å²) in [6, 6.07) is 10.7. The van der Waals surface area contributed by atoms with Gasteiger partial charge in [-0.2, -0.15) is 10.2 Å². The van der Waals surface area contributed by atoms with Crippen LogP contribution in [-0.4, -0.2) is 27.3 Å². The van der Waals surface area contributed by atoms with Gasteiger partial charge in [-0.3, -0.25) is 14.7 Å². The molecule has 0 bridgehead atoms. The molecule has 3 aromatic rings. The summed E-state index contributed by atoms with van der Waals surface area (Å²) in [6.07, 6.45) is 1.31. The first-order valence-corrected chi connectivity index (χ1v) is 6.61. The summed E-state index contributed by atoms with van der Waals surface area (Å²) in [5.74, 6) is -0.446. The van der Waals surface area contributed by atoms with Crippen molar-refractivity contribution in [1.29, 1.82) is 0 Å². The number of amides is 1. The zero-order chi connectivity index (χ0) is 15.5. The van der Waals surface area contributed by atoms with Gasteiger partial charge in [0, 0.05) is 11.2 Å². The van der Waals surface area contributed by atoms with Crippen LogP contribution in [0.3, 0.4) is 0 Å². The van der Waals surface area contributed by atoms with Gasteiger partial charge in [0.15, 0.2) is 5.69 Å². The van der Waals surface area contributed by atoms with Gasteiger partial charge in [-0.05, 0) is 30.5 Å². The second-order valence-corrected chi connectivity index (χ2v) is 4.78. The quantitative estimate of drug-likeness (QED) is 0.501. The van der Waals surface area contributed by atoms with Gasteiger partial charge >= 0.3 is 0 Å². The van der Waals surface area contributed by atoms with E-state index in [2.05, 4.69) is 25.7 Å². The first-order chi connectivity index (χ1) is 10.6. The van der Waals surface area contributed by atoms with Crippen molar-refractivity contribution in [3.63, 3.8) is 0 Å². The molecule has 3 N–H and O–H groups in total. The number of nitrogens with zero attached hydrogens (tertiary/aromatic N) is 2. The molecule has 0 spiro atoms. The highest BCUT2D eigenvalue weighted by atomic mass is 16.2. The number of hydrogen-bond acceptors (Lipinski definition) is 4. The molecule has 0 saturated carbocycles. The SMILES string of the molecule is Cc1cc(C(=O)N/N=C/c2cc3ccccc3[nH]c2=O)n[nH]1. The highest BCUT2D eigenvalue weighted by Gasteiger charge is 2.07. The Morgan fingerprint density at radius 2 is 2.14 bits per heavy atom. The zero-order valence-corrected chi connectivity index (χ0v) is 11.8. The van der Waals surface area contributed by atoms with Crippen LogP contribution in [0.2, 0.25) is 0 Å². The van der Waals surface area contributed by atoms with E-state index in [1.807, 2.05) is 24.3 Å². The second kappa shape index (κ2) is 5.65. The molecule has 1 amide bonds. The number of hydrazone groups is 1. The third kappa shape index (κ3) is 2.78. The fourth-order valence-corrected chi connectivity index (χ4v) is 2.01. The highest BCUT2D eigenvalue weighted by molar-refractivity contribution is 5.93. The van der Waals surface area contributed by atoms with Crippen LogP contribution in [0.4, 0.5) is 0 Å². The van der Waals surface area contributed by atoms with Crippen molar-refractivity contribution < 1.29 is 4.79 Å². The minimum Gasteiger partial charge on any atom is -0.321 e. The van der Waals surface area contributed by atoms with E-state index in [0.717, 1.165) is 16.6 Å². The van der Waals surface area contributed by atoms with Gasteiger partial charge in [0.25, 0.3) is 11.5 Å². The number of rotatable bonds is 3. The monoisotopic (exact) mass is 295 g/mol. The van der Waals surface area contributed by atoms with E-state index in [4.69, 9.17) is 0 Å². The Hall–Kier alpha value is -3.22. The molecule has 22 heavy (non-hydrogen) atoms. The minimum atomic E-state index is -0.446. The predicted octanol–water partition coefficient (Wildman–Crippen LogP) is 1.32. The molecule has 7 nitrogen and oxygen atoms in total. The van der Waals surface area contributed by atoms with Crippen LogP contribution in [0.5, 0.6) is 0 Å². The van der Waals surface area contributed by atoms with E-state index in [1.54, 1.807) is 19.1 Å². The van der Waals surface area contributed by atoms with E-state index in [9.17, 15) is 9.59 Å². The van der Waals surface area contributed by atoms with Crippen molar-refractivity contribution in [3.05, 3.63) is 63.7 Å². The molecule has 2 aromatic heterocycles. The van der Waals surface area contributed by atoms with Crippen molar-refractivity contribution in [2.24, 2.45) is 5.10 Å². The van der Waals surface area contributed by atoms with Crippen molar-refractivity contribution >= 4 is 23.0 Å². The Bertz CT molecular complexity index is 923. The Morgan fingerprint density at radius 1 is 1.32 bits per heavy atom. The maximum absolute atomic E-state index is 11.9. The zero-order valence-electron chi connectivity index (χ0n) is 11.8. The normalized spacial score (nSPS) is 11.1. The van der Waals surface area contributed by atoms with E-state index in [-0.39, 0.29) is 11.3 Å². The van der Waals surface area contributed by atoms with Crippen molar-refractivity contribution in [3.8, 4) is 0 Å². The number of carbonyl (C=O) groups is 1. The second-order valence-electron chi connectivity index (χ2n) is 4.78. The van der Waals surface area contributed by atoms with Crippen LogP contribution in [0, 0.1) is 6.92 Å². The summed E-state index contributed by atoms with van der Waals surface area (Å²) in [7, 11) is 0. The van der Waals surface area contributed by atoms with Gasteiger partial charge in [-0.15, -0.1) is 0 Å². The van der Waals surface area contributed by atoms with E-state index >= 15 is 0 Å². The lowest BCUT2D eigenvalue weighted by Crippen LogP contribution is -2.19. The van der Waals surface area contributed by atoms with Gasteiger partial charge in [0.2, 0.25) is 0 Å². The number of benzene rings is 1. The number of pyridine rings is 1. The molecule has 0 unspecified atom stereocenters. The summed E-state index contributed by atoms with van der Waals surface area (Å²) in [4.78, 5) is 26.4. The van der Waals surface area contributed by atoms with Gasteiger partial charge in [0.1, 0.15) is 0 Å². The molecule has 0 fully saturated rings. The lowest BCUT2D eigenvalue weighted by molar-refractivity contribution is 0.0950. The molecule has 0 radical (unpaired) electrons. The molecule has 2 heterocycles. The number of fused-ring (bicyclic) bond motifs is 1. The number of nitrogens with one attached hydrogen (secondary N) is 3. The van der Waals surface area contributed by atoms with E-state index < -0.39 is 5.91 Å². The third-order valence-corrected chi connectivity index (χ3v) is 3.09. The average molecular weight is 295 g/mol. The van der Waals surface area contributed by atoms with Crippen LogP contribution < -0.4 is 11.0 Å². The molecule has 0 saturated heterocycles. The van der Waals surface area contributed by atoms with Gasteiger partial charge < -0.3 is 4.98 Å². The smallest absolute Gasteiger partial charge is 0.291 e. The molecule has 7 heteroatoms. The molecular weight excluding hydrogens is 282 g/mol. The number of aromatic nitrogens is 3. The van der Waals surface area contributed by atoms with Crippen LogP contribution in [0.1, 0.15) is 21.7 Å². The molecule has 0 atom stereocenters. The molecule has 0 aliphatic carbocycles. The van der Waals surface area contributed by atoms with Crippen molar-refractivity contribution in [2.75, 3.05) is 0 Å². The highest BCUT2D eigenvalue weighted by Crippen LogP contribution is 2.08. The first-order valence-electron chi connectivity index (χ1n) is 6.61. The summed E-state index contributed by atoms with van der Waals surface area (Å²) in [6.45, 7) is 1.79. The van der Waals surface area contributed by atoms with E-state index in [1.165, 1.54) is 6.21 Å². The molecular formula is C15H13N5O2. The standard InChI is InChI=1S/C15H13N5O2/c1-9-6-13(19-18-9)15(22)20-16-8-11-7-10-4-2-3-5-12(10)17-14(11)21/h2-8H,1H3,(H,17,21)(H,18,19)(H,20,22)/b16-8+. The number of H-pyrrole nitrogens is 2. The lowest BCUT2D eigenvalue weighted by Gasteiger charge is -1.99. The largest absolute Gasteiger partial charge is 0.321 e. The molecule has 3 rings (SSSR count). The summed E-state index contributed by atoms with van der Waals surface area (Å²) in [5.41, 5.74) is 4.19. The summed E-state index contributed by atoms with van der Waals surface area (Å²) in [5, 5.41) is 11.2.